The first kappa shape index (κ1) is 13.3. The molecule has 1 aromatic carbocycles. The third-order valence-corrected chi connectivity index (χ3v) is 3.02. The number of carbonyl (C=O) groups is 1. The summed E-state index contributed by atoms with van der Waals surface area (Å²) in [7, 11) is 0. The van der Waals surface area contributed by atoms with Gasteiger partial charge in [-0.3, -0.25) is 0 Å². The van der Waals surface area contributed by atoms with E-state index in [4.69, 9.17) is 6.42 Å². The summed E-state index contributed by atoms with van der Waals surface area (Å²) in [5.41, 5.74) is 0.179. The molecular formula is C14H14F2N2O. The van der Waals surface area contributed by atoms with Crippen molar-refractivity contribution in [2.45, 2.75) is 18.9 Å². The van der Waals surface area contributed by atoms with Gasteiger partial charge in [0.05, 0.1) is 12.6 Å². The molecule has 2 N–H and O–H groups in total. The predicted molar refractivity (Wildman–Crippen MR) is 67.2 cm³/mol. The molecule has 0 bridgehead atoms. The van der Waals surface area contributed by atoms with Crippen molar-refractivity contribution in [1.29, 1.82) is 0 Å². The first-order chi connectivity index (χ1) is 9.11. The molecule has 0 spiro atoms. The number of urea groups is 1. The second-order valence-electron chi connectivity index (χ2n) is 4.51. The van der Waals surface area contributed by atoms with Gasteiger partial charge in [-0.2, -0.15) is 0 Å². The van der Waals surface area contributed by atoms with E-state index in [2.05, 4.69) is 16.6 Å². The van der Waals surface area contributed by atoms with E-state index in [0.29, 0.717) is 0 Å². The van der Waals surface area contributed by atoms with Gasteiger partial charge in [0.2, 0.25) is 0 Å². The highest BCUT2D eigenvalue weighted by atomic mass is 19.1. The van der Waals surface area contributed by atoms with Crippen LogP contribution in [0.3, 0.4) is 0 Å². The first-order valence-electron chi connectivity index (χ1n) is 6.04. The first-order valence-corrected chi connectivity index (χ1v) is 6.04. The molecular weight excluding hydrogens is 250 g/mol. The van der Waals surface area contributed by atoms with Crippen LogP contribution in [-0.2, 0) is 0 Å². The van der Waals surface area contributed by atoms with Crippen molar-refractivity contribution in [3.63, 3.8) is 0 Å². The van der Waals surface area contributed by atoms with Crippen LogP contribution in [0.2, 0.25) is 0 Å². The number of nitrogens with one attached hydrogen (secondary N) is 2. The number of benzene rings is 1. The number of halogens is 2. The molecule has 0 aliphatic heterocycles. The molecule has 0 saturated heterocycles. The van der Waals surface area contributed by atoms with Gasteiger partial charge >= 0.3 is 6.03 Å². The quantitative estimate of drug-likeness (QED) is 0.805. The maximum atomic E-state index is 13.7. The molecule has 3 nitrogen and oxygen atoms in total. The Kier molecular flexibility index (Phi) is 4.00. The maximum absolute atomic E-state index is 13.7. The Morgan fingerprint density at radius 1 is 1.47 bits per heavy atom. The third-order valence-electron chi connectivity index (χ3n) is 3.02. The predicted octanol–water partition coefficient (Wildman–Crippen LogP) is 2.35. The normalized spacial score (nSPS) is 15.4. The fourth-order valence-corrected chi connectivity index (χ4v) is 1.96. The largest absolute Gasteiger partial charge is 0.331 e. The second-order valence-corrected chi connectivity index (χ2v) is 4.51. The van der Waals surface area contributed by atoms with Crippen LogP contribution < -0.4 is 10.6 Å². The van der Waals surface area contributed by atoms with Gasteiger partial charge in [0.15, 0.2) is 0 Å². The molecule has 0 radical (unpaired) electrons. The Bertz CT molecular complexity index is 521. The number of hydrogen-bond donors (Lipinski definition) is 2. The minimum atomic E-state index is -0.520. The lowest BCUT2D eigenvalue weighted by atomic mass is 10.0. The molecule has 5 heteroatoms. The molecule has 19 heavy (non-hydrogen) atoms. The van der Waals surface area contributed by atoms with E-state index in [1.807, 2.05) is 0 Å². The molecule has 1 aliphatic rings. The van der Waals surface area contributed by atoms with E-state index < -0.39 is 23.7 Å². The highest BCUT2D eigenvalue weighted by molar-refractivity contribution is 5.74. The van der Waals surface area contributed by atoms with Crippen molar-refractivity contribution in [2.75, 3.05) is 6.54 Å². The molecule has 1 atom stereocenters. The molecule has 2 rings (SSSR count). The summed E-state index contributed by atoms with van der Waals surface area (Å²) in [6.45, 7) is 0.0921. The minimum absolute atomic E-state index is 0.0921. The van der Waals surface area contributed by atoms with Crippen LogP contribution in [0.4, 0.5) is 13.6 Å². The van der Waals surface area contributed by atoms with Gasteiger partial charge in [-0.25, -0.2) is 13.6 Å². The monoisotopic (exact) mass is 264 g/mol. The van der Waals surface area contributed by atoms with E-state index in [1.54, 1.807) is 0 Å². The molecule has 0 heterocycles. The molecule has 1 saturated carbocycles. The smallest absolute Gasteiger partial charge is 0.316 e. The van der Waals surface area contributed by atoms with Gasteiger partial charge in [0.1, 0.15) is 11.6 Å². The van der Waals surface area contributed by atoms with E-state index >= 15 is 0 Å². The van der Waals surface area contributed by atoms with Crippen LogP contribution in [0.15, 0.2) is 18.2 Å². The van der Waals surface area contributed by atoms with Crippen LogP contribution in [0.1, 0.15) is 24.4 Å². The van der Waals surface area contributed by atoms with Crippen LogP contribution >= 0.6 is 0 Å². The SMILES string of the molecule is C#CCNC(=O)N[C@@H](c1cc(F)ccc1F)C1CC1. The van der Waals surface area contributed by atoms with E-state index in [0.717, 1.165) is 31.0 Å². The zero-order valence-electron chi connectivity index (χ0n) is 10.2. The molecule has 0 unspecified atom stereocenters. The van der Waals surface area contributed by atoms with Gasteiger partial charge in [-0.15, -0.1) is 6.42 Å². The number of carbonyl (C=O) groups excluding carboxylic acids is 1. The molecule has 1 fully saturated rings. The topological polar surface area (TPSA) is 41.1 Å². The number of terminal acetylenes is 1. The Morgan fingerprint density at radius 2 is 2.21 bits per heavy atom. The van der Waals surface area contributed by atoms with Gasteiger partial charge in [0.25, 0.3) is 0 Å². The average Bonchev–Trinajstić information content (AvgIpc) is 3.21. The van der Waals surface area contributed by atoms with E-state index in [-0.39, 0.29) is 18.0 Å². The van der Waals surface area contributed by atoms with Crippen molar-refractivity contribution in [3.8, 4) is 12.3 Å². The summed E-state index contributed by atoms with van der Waals surface area (Å²) in [6.07, 6.45) is 6.80. The fraction of sp³-hybridized carbons (Fsp3) is 0.357. The lowest BCUT2D eigenvalue weighted by molar-refractivity contribution is 0.236. The standard InChI is InChI=1S/C14H14F2N2O/c1-2-7-17-14(19)18-13(9-3-4-9)11-8-10(15)5-6-12(11)16/h1,5-6,8-9,13H,3-4,7H2,(H2,17,18,19)/t13-/m1/s1. The van der Waals surface area contributed by atoms with Crippen molar-refractivity contribution in [2.24, 2.45) is 5.92 Å². The van der Waals surface area contributed by atoms with Gasteiger partial charge < -0.3 is 10.6 Å². The minimum Gasteiger partial charge on any atom is -0.331 e. The maximum Gasteiger partial charge on any atom is 0.316 e. The van der Waals surface area contributed by atoms with Crippen molar-refractivity contribution < 1.29 is 13.6 Å². The molecule has 2 amide bonds. The number of rotatable bonds is 4. The van der Waals surface area contributed by atoms with Crippen LogP contribution in [0.5, 0.6) is 0 Å². The van der Waals surface area contributed by atoms with E-state index in [1.165, 1.54) is 0 Å². The molecule has 100 valence electrons. The lowest BCUT2D eigenvalue weighted by Crippen LogP contribution is -2.39. The number of amides is 2. The number of hydrogen-bond acceptors (Lipinski definition) is 1. The Balaban J connectivity index is 2.14. The Hall–Kier alpha value is -2.09. The summed E-state index contributed by atoms with van der Waals surface area (Å²) in [5.74, 6) is 1.38. The molecule has 0 aromatic heterocycles. The zero-order valence-corrected chi connectivity index (χ0v) is 10.2. The summed E-state index contributed by atoms with van der Waals surface area (Å²) >= 11 is 0. The van der Waals surface area contributed by atoms with Crippen molar-refractivity contribution in [1.82, 2.24) is 10.6 Å². The van der Waals surface area contributed by atoms with Gasteiger partial charge in [-0.1, -0.05) is 5.92 Å². The summed E-state index contributed by atoms with van der Waals surface area (Å²) in [4.78, 5) is 11.6. The zero-order chi connectivity index (χ0) is 13.8. The summed E-state index contributed by atoms with van der Waals surface area (Å²) < 4.78 is 26.9. The van der Waals surface area contributed by atoms with Crippen LogP contribution in [0, 0.1) is 29.9 Å². The fourth-order valence-electron chi connectivity index (χ4n) is 1.96. The highest BCUT2D eigenvalue weighted by Gasteiger charge is 2.35. The van der Waals surface area contributed by atoms with Crippen LogP contribution in [0.25, 0.3) is 0 Å². The molecule has 1 aliphatic carbocycles. The molecule has 1 aromatic rings. The highest BCUT2D eigenvalue weighted by Crippen LogP contribution is 2.41. The third kappa shape index (κ3) is 3.44. The van der Waals surface area contributed by atoms with Gasteiger partial charge in [0, 0.05) is 5.56 Å². The van der Waals surface area contributed by atoms with E-state index in [9.17, 15) is 13.6 Å². The lowest BCUT2D eigenvalue weighted by Gasteiger charge is -2.19. The summed E-state index contributed by atoms with van der Waals surface area (Å²) in [6, 6.07) is 2.26. The van der Waals surface area contributed by atoms with Gasteiger partial charge in [-0.05, 0) is 37.0 Å². The van der Waals surface area contributed by atoms with Crippen molar-refractivity contribution >= 4 is 6.03 Å². The van der Waals surface area contributed by atoms with Crippen LogP contribution in [-0.4, -0.2) is 12.6 Å². The Morgan fingerprint density at radius 3 is 2.84 bits per heavy atom. The Labute approximate surface area is 110 Å². The average molecular weight is 264 g/mol. The summed E-state index contributed by atoms with van der Waals surface area (Å²) in [5, 5.41) is 5.09. The van der Waals surface area contributed by atoms with Crippen molar-refractivity contribution in [3.05, 3.63) is 35.4 Å². The second kappa shape index (κ2) is 5.70.